The van der Waals surface area contributed by atoms with Crippen LogP contribution in [0.5, 0.6) is 0 Å². The molecule has 0 radical (unpaired) electrons. The third-order valence-electron chi connectivity index (χ3n) is 7.18. The molecule has 0 spiro atoms. The Morgan fingerprint density at radius 2 is 1.74 bits per heavy atom. The standard InChI is InChI=1S/C30H35N7O/c1-3-19-37(24-9-5-4-6-10-24)28-18-15-22(25-11-7-8-12-26(25)29-33-35-36-34-29)20-27(28)32-30(38)31-23-16-13-21(2)14-17-23/h7-8,11-18,20,24H,3-6,9-10,19H2,1-2H3,(H2,31,32,38)(H,33,34,35,36). The minimum Gasteiger partial charge on any atom is -0.367 e. The van der Waals surface area contributed by atoms with Crippen LogP contribution in [0.15, 0.2) is 66.7 Å². The van der Waals surface area contributed by atoms with Gasteiger partial charge in [-0.3, -0.25) is 0 Å². The number of H-pyrrole nitrogens is 1. The first-order valence-corrected chi connectivity index (χ1v) is 13.5. The number of hydrogen-bond acceptors (Lipinski definition) is 5. The van der Waals surface area contributed by atoms with Crippen LogP contribution in [0, 0.1) is 6.92 Å². The quantitative estimate of drug-likeness (QED) is 0.237. The Kier molecular flexibility index (Phi) is 7.97. The van der Waals surface area contributed by atoms with Crippen molar-refractivity contribution in [3.63, 3.8) is 0 Å². The number of nitrogens with one attached hydrogen (secondary N) is 3. The molecule has 3 N–H and O–H groups in total. The van der Waals surface area contributed by atoms with Crippen LogP contribution in [-0.2, 0) is 0 Å². The van der Waals surface area contributed by atoms with Crippen molar-refractivity contribution in [2.45, 2.75) is 58.4 Å². The van der Waals surface area contributed by atoms with Crippen LogP contribution in [0.25, 0.3) is 22.5 Å². The van der Waals surface area contributed by atoms with Crippen molar-refractivity contribution in [1.82, 2.24) is 20.6 Å². The first-order chi connectivity index (χ1) is 18.6. The van der Waals surface area contributed by atoms with Gasteiger partial charge in [-0.2, -0.15) is 0 Å². The van der Waals surface area contributed by atoms with E-state index in [4.69, 9.17) is 0 Å². The molecule has 3 aromatic carbocycles. The normalized spacial score (nSPS) is 13.7. The number of aromatic amines is 1. The zero-order chi connectivity index (χ0) is 26.3. The lowest BCUT2D eigenvalue weighted by atomic mass is 9.93. The average molecular weight is 510 g/mol. The van der Waals surface area contributed by atoms with Gasteiger partial charge < -0.3 is 15.5 Å². The van der Waals surface area contributed by atoms with E-state index in [-0.39, 0.29) is 6.03 Å². The molecular formula is C30H35N7O. The summed E-state index contributed by atoms with van der Waals surface area (Å²) in [5.74, 6) is 0.603. The molecule has 0 atom stereocenters. The van der Waals surface area contributed by atoms with Crippen molar-refractivity contribution in [3.8, 4) is 22.5 Å². The molecule has 4 aromatic rings. The number of amides is 2. The van der Waals surface area contributed by atoms with Gasteiger partial charge in [-0.15, -0.1) is 5.10 Å². The van der Waals surface area contributed by atoms with E-state index in [1.807, 2.05) is 55.5 Å². The molecule has 2 amide bonds. The van der Waals surface area contributed by atoms with Crippen molar-refractivity contribution in [3.05, 3.63) is 72.3 Å². The average Bonchev–Trinajstić information content (AvgIpc) is 3.49. The molecule has 0 saturated heterocycles. The van der Waals surface area contributed by atoms with Crippen LogP contribution in [0.2, 0.25) is 0 Å². The van der Waals surface area contributed by atoms with Crippen LogP contribution in [0.3, 0.4) is 0 Å². The number of anilines is 3. The zero-order valence-corrected chi connectivity index (χ0v) is 22.1. The maximum atomic E-state index is 13.2. The van der Waals surface area contributed by atoms with Gasteiger partial charge in [0.05, 0.1) is 11.4 Å². The minimum atomic E-state index is -0.264. The summed E-state index contributed by atoms with van der Waals surface area (Å²) >= 11 is 0. The van der Waals surface area contributed by atoms with Crippen LogP contribution in [0.1, 0.15) is 51.0 Å². The highest BCUT2D eigenvalue weighted by Crippen LogP contribution is 2.38. The van der Waals surface area contributed by atoms with Gasteiger partial charge >= 0.3 is 6.03 Å². The largest absolute Gasteiger partial charge is 0.367 e. The summed E-state index contributed by atoms with van der Waals surface area (Å²) < 4.78 is 0. The molecule has 1 aliphatic rings. The number of benzene rings is 3. The Bertz CT molecular complexity index is 1350. The SMILES string of the molecule is CCCN(c1ccc(-c2ccccc2-c2nnn[nH]2)cc1NC(=O)Nc1ccc(C)cc1)C1CCCCC1. The van der Waals surface area contributed by atoms with Crippen molar-refractivity contribution in [2.75, 3.05) is 22.1 Å². The molecule has 38 heavy (non-hydrogen) atoms. The van der Waals surface area contributed by atoms with E-state index >= 15 is 0 Å². The van der Waals surface area contributed by atoms with Gasteiger partial charge in [0.15, 0.2) is 5.82 Å². The van der Waals surface area contributed by atoms with Crippen LogP contribution < -0.4 is 15.5 Å². The highest BCUT2D eigenvalue weighted by Gasteiger charge is 2.24. The van der Waals surface area contributed by atoms with Gasteiger partial charge in [-0.05, 0) is 72.0 Å². The number of rotatable bonds is 8. The molecule has 8 heteroatoms. The third-order valence-corrected chi connectivity index (χ3v) is 7.18. The fraction of sp³-hybridized carbons (Fsp3) is 0.333. The van der Waals surface area contributed by atoms with Crippen molar-refractivity contribution >= 4 is 23.1 Å². The molecular weight excluding hydrogens is 474 g/mol. The van der Waals surface area contributed by atoms with E-state index in [0.717, 1.165) is 52.3 Å². The van der Waals surface area contributed by atoms with Crippen molar-refractivity contribution < 1.29 is 4.79 Å². The van der Waals surface area contributed by atoms with E-state index in [9.17, 15) is 4.79 Å². The molecule has 0 aliphatic heterocycles. The number of carbonyl (C=O) groups is 1. The van der Waals surface area contributed by atoms with E-state index in [2.05, 4.69) is 61.3 Å². The number of hydrogen-bond donors (Lipinski definition) is 3. The minimum absolute atomic E-state index is 0.264. The summed E-state index contributed by atoms with van der Waals surface area (Å²) in [4.78, 5) is 15.7. The summed E-state index contributed by atoms with van der Waals surface area (Å²) in [7, 11) is 0. The summed E-state index contributed by atoms with van der Waals surface area (Å²) in [6.07, 6.45) is 7.19. The Labute approximate surface area is 223 Å². The van der Waals surface area contributed by atoms with Gasteiger partial charge in [-0.1, -0.05) is 74.2 Å². The second-order valence-electron chi connectivity index (χ2n) is 9.96. The summed E-state index contributed by atoms with van der Waals surface area (Å²) in [6.45, 7) is 5.18. The number of aromatic nitrogens is 4. The number of urea groups is 1. The smallest absolute Gasteiger partial charge is 0.323 e. The first-order valence-electron chi connectivity index (χ1n) is 13.5. The Morgan fingerprint density at radius 3 is 2.45 bits per heavy atom. The maximum absolute atomic E-state index is 13.2. The summed E-state index contributed by atoms with van der Waals surface area (Å²) in [6, 6.07) is 22.4. The molecule has 1 fully saturated rings. The lowest BCUT2D eigenvalue weighted by molar-refractivity contribution is 0.262. The number of nitrogens with zero attached hydrogens (tertiary/aromatic N) is 4. The van der Waals surface area contributed by atoms with Crippen LogP contribution in [0.4, 0.5) is 21.9 Å². The second-order valence-corrected chi connectivity index (χ2v) is 9.96. The molecule has 1 heterocycles. The fourth-order valence-corrected chi connectivity index (χ4v) is 5.32. The Morgan fingerprint density at radius 1 is 0.974 bits per heavy atom. The van der Waals surface area contributed by atoms with E-state index in [1.165, 1.54) is 32.1 Å². The Hall–Kier alpha value is -4.20. The predicted molar refractivity (Wildman–Crippen MR) is 153 cm³/mol. The van der Waals surface area contributed by atoms with Crippen molar-refractivity contribution in [1.29, 1.82) is 0 Å². The first kappa shape index (κ1) is 25.4. The summed E-state index contributed by atoms with van der Waals surface area (Å²) in [5, 5.41) is 20.7. The van der Waals surface area contributed by atoms with E-state index in [1.54, 1.807) is 0 Å². The van der Waals surface area contributed by atoms with Gasteiger partial charge in [0.1, 0.15) is 0 Å². The lowest BCUT2D eigenvalue weighted by Crippen LogP contribution is -2.38. The third kappa shape index (κ3) is 5.85. The van der Waals surface area contributed by atoms with Gasteiger partial charge in [0.2, 0.25) is 0 Å². The van der Waals surface area contributed by atoms with Gasteiger partial charge in [0.25, 0.3) is 0 Å². The number of tetrazole rings is 1. The van der Waals surface area contributed by atoms with E-state index in [0.29, 0.717) is 11.9 Å². The zero-order valence-electron chi connectivity index (χ0n) is 22.1. The summed E-state index contributed by atoms with van der Waals surface area (Å²) in [5.41, 5.74) is 6.61. The number of carbonyl (C=O) groups excluding carboxylic acids is 1. The molecule has 196 valence electrons. The molecule has 5 rings (SSSR count). The fourth-order valence-electron chi connectivity index (χ4n) is 5.32. The topological polar surface area (TPSA) is 98.8 Å². The number of aryl methyl sites for hydroxylation is 1. The molecule has 0 unspecified atom stereocenters. The molecule has 1 aromatic heterocycles. The van der Waals surface area contributed by atoms with Crippen LogP contribution >= 0.6 is 0 Å². The van der Waals surface area contributed by atoms with Gasteiger partial charge in [-0.25, -0.2) is 9.89 Å². The van der Waals surface area contributed by atoms with Crippen LogP contribution in [-0.4, -0.2) is 39.2 Å². The van der Waals surface area contributed by atoms with E-state index < -0.39 is 0 Å². The highest BCUT2D eigenvalue weighted by molar-refractivity contribution is 6.02. The molecule has 8 nitrogen and oxygen atoms in total. The molecule has 1 aliphatic carbocycles. The molecule has 1 saturated carbocycles. The second kappa shape index (κ2) is 11.9. The predicted octanol–water partition coefficient (Wildman–Crippen LogP) is 7.04. The maximum Gasteiger partial charge on any atom is 0.323 e. The van der Waals surface area contributed by atoms with Crippen molar-refractivity contribution in [2.24, 2.45) is 0 Å². The van der Waals surface area contributed by atoms with Gasteiger partial charge in [0, 0.05) is 23.8 Å². The monoisotopic (exact) mass is 509 g/mol. The highest BCUT2D eigenvalue weighted by atomic mass is 16.2. The lowest BCUT2D eigenvalue weighted by Gasteiger charge is -2.37. The molecule has 0 bridgehead atoms. The Balaban J connectivity index is 1.53.